The second-order valence-electron chi connectivity index (χ2n) is 7.67. The van der Waals surface area contributed by atoms with Gasteiger partial charge in [0.05, 0.1) is 11.5 Å². The van der Waals surface area contributed by atoms with E-state index >= 15 is 0 Å². The summed E-state index contributed by atoms with van der Waals surface area (Å²) in [4.78, 5) is 12.2. The Morgan fingerprint density at radius 3 is 2.11 bits per heavy atom. The van der Waals surface area contributed by atoms with E-state index in [1.54, 1.807) is 6.21 Å². The number of benzene rings is 2. The van der Waals surface area contributed by atoms with Gasteiger partial charge < -0.3 is 5.32 Å². The van der Waals surface area contributed by atoms with E-state index in [2.05, 4.69) is 79.6 Å². The third kappa shape index (κ3) is 5.32. The van der Waals surface area contributed by atoms with Gasteiger partial charge in [-0.05, 0) is 40.5 Å². The lowest BCUT2D eigenvalue weighted by Gasteiger charge is -2.08. The third-order valence-electron chi connectivity index (χ3n) is 4.80. The molecule has 0 radical (unpaired) electrons. The van der Waals surface area contributed by atoms with Crippen LogP contribution >= 0.6 is 11.8 Å². The minimum atomic E-state index is -0.163. The van der Waals surface area contributed by atoms with Crippen molar-refractivity contribution in [3.63, 3.8) is 0 Å². The second kappa shape index (κ2) is 9.20. The van der Waals surface area contributed by atoms with Crippen LogP contribution in [0.4, 0.5) is 0 Å². The van der Waals surface area contributed by atoms with Gasteiger partial charge in [0.15, 0.2) is 5.17 Å². The second-order valence-corrected chi connectivity index (χ2v) is 8.86. The van der Waals surface area contributed by atoms with Crippen molar-refractivity contribution in [3.05, 3.63) is 70.8 Å². The van der Waals surface area contributed by atoms with Gasteiger partial charge in [0.1, 0.15) is 0 Å². The molecule has 0 aromatic heterocycles. The van der Waals surface area contributed by atoms with Crippen LogP contribution in [0.5, 0.6) is 0 Å². The molecule has 1 heterocycles. The van der Waals surface area contributed by atoms with Crippen LogP contribution in [-0.2, 0) is 11.2 Å². The molecule has 4 nitrogen and oxygen atoms in total. The van der Waals surface area contributed by atoms with Gasteiger partial charge in [-0.3, -0.25) is 4.79 Å². The predicted molar refractivity (Wildman–Crippen MR) is 119 cm³/mol. The van der Waals surface area contributed by atoms with Crippen LogP contribution in [-0.4, -0.2) is 22.5 Å². The molecule has 1 atom stereocenters. The maximum Gasteiger partial charge on any atom is 0.239 e. The maximum absolute atomic E-state index is 12.2. The molecule has 146 valence electrons. The molecular weight excluding hydrogens is 366 g/mol. The van der Waals surface area contributed by atoms with Gasteiger partial charge in [0, 0.05) is 0 Å². The lowest BCUT2D eigenvalue weighted by atomic mass is 10.0. The largest absolute Gasteiger partial charge is 0.303 e. The Kier molecular flexibility index (Phi) is 6.68. The van der Waals surface area contributed by atoms with E-state index in [0.29, 0.717) is 23.4 Å². The Labute approximate surface area is 171 Å². The van der Waals surface area contributed by atoms with Gasteiger partial charge in [-0.2, -0.15) is 5.10 Å². The normalized spacial score (nSPS) is 18.6. The molecule has 28 heavy (non-hydrogen) atoms. The molecule has 1 fully saturated rings. The van der Waals surface area contributed by atoms with Crippen molar-refractivity contribution in [3.8, 4) is 0 Å². The molecule has 1 amide bonds. The van der Waals surface area contributed by atoms with Crippen molar-refractivity contribution >= 4 is 29.1 Å². The van der Waals surface area contributed by atoms with Crippen molar-refractivity contribution in [1.82, 2.24) is 5.32 Å². The van der Waals surface area contributed by atoms with E-state index in [-0.39, 0.29) is 11.2 Å². The van der Waals surface area contributed by atoms with E-state index < -0.39 is 0 Å². The molecule has 1 N–H and O–H groups in total. The van der Waals surface area contributed by atoms with E-state index in [9.17, 15) is 4.79 Å². The zero-order chi connectivity index (χ0) is 20.1. The number of hydrogen-bond donors (Lipinski definition) is 1. The number of amides is 1. The average molecular weight is 394 g/mol. The number of nitrogens with zero attached hydrogens (tertiary/aromatic N) is 2. The van der Waals surface area contributed by atoms with Gasteiger partial charge in [-0.25, -0.2) is 0 Å². The molecule has 0 saturated carbocycles. The Morgan fingerprint density at radius 2 is 1.54 bits per heavy atom. The van der Waals surface area contributed by atoms with Crippen LogP contribution in [0.15, 0.2) is 58.7 Å². The highest BCUT2D eigenvalue weighted by Gasteiger charge is 2.30. The van der Waals surface area contributed by atoms with Crippen molar-refractivity contribution < 1.29 is 4.79 Å². The van der Waals surface area contributed by atoms with E-state index in [0.717, 1.165) is 11.1 Å². The highest BCUT2D eigenvalue weighted by atomic mass is 32.2. The minimum Gasteiger partial charge on any atom is -0.303 e. The van der Waals surface area contributed by atoms with Crippen molar-refractivity contribution in [2.75, 3.05) is 0 Å². The highest BCUT2D eigenvalue weighted by molar-refractivity contribution is 8.15. The number of carbonyl (C=O) groups excluding carboxylic acids is 1. The number of nitrogens with one attached hydrogen (secondary N) is 1. The van der Waals surface area contributed by atoms with Crippen LogP contribution in [0.2, 0.25) is 0 Å². The Balaban J connectivity index is 1.58. The summed E-state index contributed by atoms with van der Waals surface area (Å²) in [6, 6.07) is 16.8. The standard InChI is InChI=1S/C23H27N3OS/c1-15(2)19-9-5-17(6-10-19)13-21-22(27)25-23(28-21)26-24-14-18-7-11-20(12-8-18)16(3)4/h5-12,14-16,21H,13H2,1-4H3,(H,25,26,27). The number of rotatable bonds is 6. The SMILES string of the molecule is CC(C)c1ccc(C=N/N=C2\NC(=O)C(Cc3ccc(C(C)C)cc3)S2)cc1. The summed E-state index contributed by atoms with van der Waals surface area (Å²) in [6.07, 6.45) is 2.40. The summed E-state index contributed by atoms with van der Waals surface area (Å²) in [5, 5.41) is 11.5. The molecule has 2 aromatic carbocycles. The van der Waals surface area contributed by atoms with Crippen LogP contribution in [0, 0.1) is 0 Å². The first-order valence-electron chi connectivity index (χ1n) is 9.69. The number of thioether (sulfide) groups is 1. The smallest absolute Gasteiger partial charge is 0.239 e. The first-order valence-corrected chi connectivity index (χ1v) is 10.6. The zero-order valence-electron chi connectivity index (χ0n) is 16.8. The molecular formula is C23H27N3OS. The van der Waals surface area contributed by atoms with Crippen LogP contribution in [0.1, 0.15) is 61.8 Å². The Morgan fingerprint density at radius 1 is 0.964 bits per heavy atom. The predicted octanol–water partition coefficient (Wildman–Crippen LogP) is 5.10. The summed E-state index contributed by atoms with van der Waals surface area (Å²) in [5.41, 5.74) is 4.76. The van der Waals surface area contributed by atoms with Gasteiger partial charge in [0.25, 0.3) is 0 Å². The number of hydrogen-bond acceptors (Lipinski definition) is 4. The summed E-state index contributed by atoms with van der Waals surface area (Å²) in [6.45, 7) is 8.70. The molecule has 3 rings (SSSR count). The fourth-order valence-electron chi connectivity index (χ4n) is 2.95. The lowest BCUT2D eigenvalue weighted by molar-refractivity contribution is -0.118. The number of amidine groups is 1. The Hall–Kier alpha value is -2.40. The first-order chi connectivity index (χ1) is 13.4. The zero-order valence-corrected chi connectivity index (χ0v) is 17.7. The monoisotopic (exact) mass is 393 g/mol. The number of carbonyl (C=O) groups is 1. The minimum absolute atomic E-state index is 0.00632. The van der Waals surface area contributed by atoms with E-state index in [1.807, 2.05) is 12.1 Å². The Bertz CT molecular complexity index is 868. The van der Waals surface area contributed by atoms with Crippen molar-refractivity contribution in [2.24, 2.45) is 10.2 Å². The van der Waals surface area contributed by atoms with Gasteiger partial charge >= 0.3 is 0 Å². The quantitative estimate of drug-likeness (QED) is 0.548. The summed E-state index contributed by atoms with van der Waals surface area (Å²) in [7, 11) is 0. The molecule has 1 unspecified atom stereocenters. The summed E-state index contributed by atoms with van der Waals surface area (Å²) in [5.74, 6) is 1.01. The van der Waals surface area contributed by atoms with Crippen molar-refractivity contribution in [1.29, 1.82) is 0 Å². The summed E-state index contributed by atoms with van der Waals surface area (Å²) >= 11 is 1.44. The maximum atomic E-state index is 12.2. The van der Waals surface area contributed by atoms with Crippen LogP contribution in [0.25, 0.3) is 0 Å². The average Bonchev–Trinajstić information content (AvgIpc) is 3.02. The first kappa shape index (κ1) is 20.3. The van der Waals surface area contributed by atoms with Gasteiger partial charge in [-0.1, -0.05) is 88.0 Å². The van der Waals surface area contributed by atoms with Gasteiger partial charge in [-0.15, -0.1) is 5.10 Å². The fraction of sp³-hybridized carbons (Fsp3) is 0.348. The van der Waals surface area contributed by atoms with E-state index in [1.165, 1.54) is 22.9 Å². The van der Waals surface area contributed by atoms with Gasteiger partial charge in [0.2, 0.25) is 5.91 Å². The van der Waals surface area contributed by atoms with Crippen molar-refractivity contribution in [2.45, 2.75) is 51.2 Å². The molecule has 2 aromatic rings. The molecule has 0 spiro atoms. The molecule has 1 aliphatic heterocycles. The lowest BCUT2D eigenvalue weighted by Crippen LogP contribution is -2.25. The van der Waals surface area contributed by atoms with Crippen LogP contribution < -0.4 is 5.32 Å². The highest BCUT2D eigenvalue weighted by Crippen LogP contribution is 2.24. The third-order valence-corrected chi connectivity index (χ3v) is 5.87. The molecule has 5 heteroatoms. The van der Waals surface area contributed by atoms with E-state index in [4.69, 9.17) is 0 Å². The molecule has 1 aliphatic rings. The molecule has 0 bridgehead atoms. The molecule has 0 aliphatic carbocycles. The molecule has 1 saturated heterocycles. The summed E-state index contributed by atoms with van der Waals surface area (Å²) < 4.78 is 0. The topological polar surface area (TPSA) is 53.8 Å². The van der Waals surface area contributed by atoms with Crippen LogP contribution in [0.3, 0.4) is 0 Å². The fourth-order valence-corrected chi connectivity index (χ4v) is 3.92.